The number of aryl methyl sites for hydroxylation is 1. The van der Waals surface area contributed by atoms with Crippen molar-refractivity contribution in [1.29, 1.82) is 0 Å². The van der Waals surface area contributed by atoms with Crippen molar-refractivity contribution in [1.82, 2.24) is 15.1 Å². The minimum Gasteiger partial charge on any atom is -0.348 e. The molecule has 1 atom stereocenters. The van der Waals surface area contributed by atoms with Gasteiger partial charge in [0.15, 0.2) is 0 Å². The third-order valence-electron chi connectivity index (χ3n) is 4.50. The van der Waals surface area contributed by atoms with Gasteiger partial charge < -0.3 is 5.32 Å². The van der Waals surface area contributed by atoms with Crippen molar-refractivity contribution in [3.8, 4) is 0 Å². The summed E-state index contributed by atoms with van der Waals surface area (Å²) in [5, 5.41) is 9.92. The van der Waals surface area contributed by atoms with Gasteiger partial charge in [0.2, 0.25) is 5.91 Å². The van der Waals surface area contributed by atoms with Crippen LogP contribution in [-0.2, 0) is 17.8 Å². The summed E-state index contributed by atoms with van der Waals surface area (Å²) in [5.74, 6) is 1.05. The number of carbonyl (C=O) groups is 1. The Morgan fingerprint density at radius 2 is 2.00 bits per heavy atom. The molecule has 1 unspecified atom stereocenters. The number of carbonyl (C=O) groups excluding carboxylic acids is 1. The summed E-state index contributed by atoms with van der Waals surface area (Å²) < 4.78 is 2.08. The molecule has 0 aliphatic rings. The second kappa shape index (κ2) is 8.65. The molecule has 2 aromatic rings. The van der Waals surface area contributed by atoms with Gasteiger partial charge >= 0.3 is 0 Å². The molecule has 0 bridgehead atoms. The highest BCUT2D eigenvalue weighted by atomic mass is 32.1. The van der Waals surface area contributed by atoms with Gasteiger partial charge in [0, 0.05) is 23.5 Å². The number of aromatic nitrogens is 2. The van der Waals surface area contributed by atoms with Crippen LogP contribution in [0.25, 0.3) is 0 Å². The number of amides is 1. The van der Waals surface area contributed by atoms with Gasteiger partial charge in [-0.1, -0.05) is 33.8 Å². The number of hydrogen-bond acceptors (Lipinski definition) is 3. The first-order chi connectivity index (χ1) is 11.8. The Morgan fingerprint density at radius 3 is 2.56 bits per heavy atom. The standard InChI is InChI=1S/C20H31N3OS/c1-13(2)12-23-16(6)17(15(5)22-23)9-10-19(24)21-20(14(3)4)18-8-7-11-25-18/h7-8,11,13-14,20H,9-10,12H2,1-6H3,(H,21,24). The Morgan fingerprint density at radius 1 is 1.28 bits per heavy atom. The van der Waals surface area contributed by atoms with Crippen molar-refractivity contribution >= 4 is 17.2 Å². The molecule has 5 heteroatoms. The first-order valence-corrected chi connectivity index (χ1v) is 10.0. The number of nitrogens with one attached hydrogen (secondary N) is 1. The zero-order valence-corrected chi connectivity index (χ0v) is 17.1. The highest BCUT2D eigenvalue weighted by molar-refractivity contribution is 7.10. The smallest absolute Gasteiger partial charge is 0.220 e. The zero-order chi connectivity index (χ0) is 18.6. The van der Waals surface area contributed by atoms with Crippen LogP contribution >= 0.6 is 11.3 Å². The van der Waals surface area contributed by atoms with E-state index in [9.17, 15) is 4.79 Å². The SMILES string of the molecule is Cc1nn(CC(C)C)c(C)c1CCC(=O)NC(c1cccs1)C(C)C. The Bertz CT molecular complexity index is 686. The maximum Gasteiger partial charge on any atom is 0.220 e. The van der Waals surface area contributed by atoms with Gasteiger partial charge in [-0.25, -0.2) is 0 Å². The van der Waals surface area contributed by atoms with E-state index in [0.717, 1.165) is 18.7 Å². The predicted octanol–water partition coefficient (Wildman–Crippen LogP) is 4.66. The van der Waals surface area contributed by atoms with Gasteiger partial charge in [-0.3, -0.25) is 9.48 Å². The average Bonchev–Trinajstić information content (AvgIpc) is 3.12. The quantitative estimate of drug-likeness (QED) is 0.743. The van der Waals surface area contributed by atoms with Crippen LogP contribution in [0.3, 0.4) is 0 Å². The van der Waals surface area contributed by atoms with E-state index in [2.05, 4.69) is 61.2 Å². The molecule has 4 nitrogen and oxygen atoms in total. The molecule has 2 aromatic heterocycles. The number of rotatable bonds is 8. The first kappa shape index (κ1) is 19.7. The van der Waals surface area contributed by atoms with Gasteiger partial charge in [0.1, 0.15) is 0 Å². The molecule has 0 saturated heterocycles. The van der Waals surface area contributed by atoms with E-state index < -0.39 is 0 Å². The first-order valence-electron chi connectivity index (χ1n) is 9.15. The van der Waals surface area contributed by atoms with E-state index in [1.54, 1.807) is 11.3 Å². The Labute approximate surface area is 155 Å². The van der Waals surface area contributed by atoms with Crippen molar-refractivity contribution < 1.29 is 4.79 Å². The molecule has 0 fully saturated rings. The van der Waals surface area contributed by atoms with Gasteiger partial charge in [0.05, 0.1) is 11.7 Å². The normalized spacial score (nSPS) is 12.8. The fourth-order valence-corrected chi connectivity index (χ4v) is 4.09. The van der Waals surface area contributed by atoms with Crippen LogP contribution in [0.1, 0.15) is 62.0 Å². The van der Waals surface area contributed by atoms with Crippen LogP contribution in [0.5, 0.6) is 0 Å². The molecular formula is C20H31N3OS. The molecule has 0 aromatic carbocycles. The van der Waals surface area contributed by atoms with Crippen LogP contribution in [0, 0.1) is 25.7 Å². The molecule has 0 aliphatic carbocycles. The lowest BCUT2D eigenvalue weighted by Gasteiger charge is -2.21. The van der Waals surface area contributed by atoms with Crippen molar-refractivity contribution in [2.45, 2.75) is 67.0 Å². The highest BCUT2D eigenvalue weighted by Gasteiger charge is 2.20. The summed E-state index contributed by atoms with van der Waals surface area (Å²) >= 11 is 1.70. The van der Waals surface area contributed by atoms with Crippen LogP contribution in [-0.4, -0.2) is 15.7 Å². The maximum atomic E-state index is 12.5. The minimum atomic E-state index is 0.0957. The Balaban J connectivity index is 1.99. The lowest BCUT2D eigenvalue weighted by atomic mass is 10.0. The molecule has 2 rings (SSSR count). The molecule has 1 amide bonds. The zero-order valence-electron chi connectivity index (χ0n) is 16.3. The number of thiophene rings is 1. The second-order valence-electron chi connectivity index (χ2n) is 7.53. The van der Waals surface area contributed by atoms with Crippen LogP contribution in [0.2, 0.25) is 0 Å². The highest BCUT2D eigenvalue weighted by Crippen LogP contribution is 2.26. The summed E-state index contributed by atoms with van der Waals surface area (Å²) in [6, 6.07) is 4.23. The molecule has 0 spiro atoms. The molecular weight excluding hydrogens is 330 g/mol. The lowest BCUT2D eigenvalue weighted by molar-refractivity contribution is -0.122. The van der Waals surface area contributed by atoms with E-state index in [-0.39, 0.29) is 11.9 Å². The summed E-state index contributed by atoms with van der Waals surface area (Å²) in [7, 11) is 0. The van der Waals surface area contributed by atoms with Gasteiger partial charge in [-0.05, 0) is 49.1 Å². The van der Waals surface area contributed by atoms with Gasteiger partial charge in [0.25, 0.3) is 0 Å². The molecule has 0 aliphatic heterocycles. The molecule has 2 heterocycles. The van der Waals surface area contributed by atoms with Crippen LogP contribution in [0.15, 0.2) is 17.5 Å². The van der Waals surface area contributed by atoms with E-state index in [1.807, 2.05) is 13.0 Å². The molecule has 0 saturated carbocycles. The molecule has 0 radical (unpaired) electrons. The van der Waals surface area contributed by atoms with Gasteiger partial charge in [-0.2, -0.15) is 5.10 Å². The minimum absolute atomic E-state index is 0.0957. The van der Waals surface area contributed by atoms with E-state index in [1.165, 1.54) is 16.1 Å². The summed E-state index contributed by atoms with van der Waals surface area (Å²) in [6.07, 6.45) is 1.25. The Kier molecular flexibility index (Phi) is 6.82. The molecule has 1 N–H and O–H groups in total. The summed E-state index contributed by atoms with van der Waals surface area (Å²) in [4.78, 5) is 13.7. The lowest BCUT2D eigenvalue weighted by Crippen LogP contribution is -2.31. The topological polar surface area (TPSA) is 46.9 Å². The van der Waals surface area contributed by atoms with E-state index >= 15 is 0 Å². The molecule has 138 valence electrons. The molecule has 25 heavy (non-hydrogen) atoms. The van der Waals surface area contributed by atoms with E-state index in [4.69, 9.17) is 0 Å². The van der Waals surface area contributed by atoms with E-state index in [0.29, 0.717) is 18.3 Å². The van der Waals surface area contributed by atoms with Crippen molar-refractivity contribution in [2.24, 2.45) is 11.8 Å². The fourth-order valence-electron chi connectivity index (χ4n) is 3.14. The number of nitrogens with zero attached hydrogens (tertiary/aromatic N) is 2. The van der Waals surface area contributed by atoms with Crippen molar-refractivity contribution in [2.75, 3.05) is 0 Å². The maximum absolute atomic E-state index is 12.5. The fraction of sp³-hybridized carbons (Fsp3) is 0.600. The Hall–Kier alpha value is -1.62. The van der Waals surface area contributed by atoms with Crippen molar-refractivity contribution in [3.05, 3.63) is 39.3 Å². The summed E-state index contributed by atoms with van der Waals surface area (Å²) in [5.41, 5.74) is 3.45. The predicted molar refractivity (Wildman–Crippen MR) is 105 cm³/mol. The van der Waals surface area contributed by atoms with Crippen LogP contribution < -0.4 is 5.32 Å². The monoisotopic (exact) mass is 361 g/mol. The van der Waals surface area contributed by atoms with Crippen LogP contribution in [0.4, 0.5) is 0 Å². The number of hydrogen-bond donors (Lipinski definition) is 1. The van der Waals surface area contributed by atoms with Gasteiger partial charge in [-0.15, -0.1) is 11.3 Å². The summed E-state index contributed by atoms with van der Waals surface area (Å²) in [6.45, 7) is 13.8. The second-order valence-corrected chi connectivity index (χ2v) is 8.51. The average molecular weight is 362 g/mol. The largest absolute Gasteiger partial charge is 0.348 e. The third-order valence-corrected chi connectivity index (χ3v) is 5.46. The third kappa shape index (κ3) is 5.18. The van der Waals surface area contributed by atoms with Crippen molar-refractivity contribution in [3.63, 3.8) is 0 Å².